The van der Waals surface area contributed by atoms with Gasteiger partial charge >= 0.3 is 0 Å². The molecule has 0 radical (unpaired) electrons. The van der Waals surface area contributed by atoms with Gasteiger partial charge in [0.1, 0.15) is 0 Å². The van der Waals surface area contributed by atoms with Crippen LogP contribution in [0.1, 0.15) is 19.8 Å². The molecule has 3 N–H and O–H groups in total. The number of amides is 1. The molecular formula is C10H19N3OS. The Morgan fingerprint density at radius 2 is 2.20 bits per heavy atom. The van der Waals surface area contributed by atoms with Crippen LogP contribution in [0.3, 0.4) is 0 Å². The monoisotopic (exact) mass is 229 g/mol. The third-order valence-electron chi connectivity index (χ3n) is 3.20. The number of hydrogen-bond acceptors (Lipinski definition) is 4. The summed E-state index contributed by atoms with van der Waals surface area (Å²) in [5, 5.41) is 3.55. The molecule has 0 bridgehead atoms. The fourth-order valence-electron chi connectivity index (χ4n) is 2.27. The summed E-state index contributed by atoms with van der Waals surface area (Å²) >= 11 is 2.01. The van der Waals surface area contributed by atoms with E-state index in [-0.39, 0.29) is 16.8 Å². The van der Waals surface area contributed by atoms with Gasteiger partial charge in [-0.2, -0.15) is 0 Å². The highest BCUT2D eigenvalue weighted by Gasteiger charge is 2.38. The van der Waals surface area contributed by atoms with Crippen molar-refractivity contribution >= 4 is 17.7 Å². The average Bonchev–Trinajstić information content (AvgIpc) is 2.67. The molecule has 15 heavy (non-hydrogen) atoms. The number of carbonyl (C=O) groups excluding carboxylic acids is 1. The van der Waals surface area contributed by atoms with E-state index in [9.17, 15) is 4.79 Å². The van der Waals surface area contributed by atoms with Crippen LogP contribution < -0.4 is 11.1 Å². The maximum Gasteiger partial charge on any atom is 0.239 e. The van der Waals surface area contributed by atoms with Crippen molar-refractivity contribution in [1.82, 2.24) is 10.2 Å². The van der Waals surface area contributed by atoms with Crippen molar-refractivity contribution in [3.63, 3.8) is 0 Å². The zero-order chi connectivity index (χ0) is 10.9. The number of likely N-dealkylation sites (tertiary alicyclic amines) is 1. The lowest BCUT2D eigenvalue weighted by Gasteiger charge is -2.39. The minimum absolute atomic E-state index is 0.0906. The van der Waals surface area contributed by atoms with Crippen LogP contribution in [0.25, 0.3) is 0 Å². The van der Waals surface area contributed by atoms with E-state index in [1.54, 1.807) is 6.92 Å². The lowest BCUT2D eigenvalue weighted by Crippen LogP contribution is -2.52. The Kier molecular flexibility index (Phi) is 3.23. The van der Waals surface area contributed by atoms with Crippen LogP contribution in [0, 0.1) is 0 Å². The second kappa shape index (κ2) is 4.31. The van der Waals surface area contributed by atoms with Gasteiger partial charge in [-0.05, 0) is 19.8 Å². The highest BCUT2D eigenvalue weighted by atomic mass is 32.2. The van der Waals surface area contributed by atoms with Crippen LogP contribution in [-0.2, 0) is 4.79 Å². The summed E-state index contributed by atoms with van der Waals surface area (Å²) < 4.78 is 0. The normalized spacial score (nSPS) is 26.9. The van der Waals surface area contributed by atoms with E-state index in [1.165, 1.54) is 5.75 Å². The van der Waals surface area contributed by atoms with Crippen LogP contribution in [0.4, 0.5) is 0 Å². The molecule has 0 aromatic heterocycles. The molecule has 2 aliphatic rings. The molecule has 2 rings (SSSR count). The number of thioether (sulfide) groups is 1. The van der Waals surface area contributed by atoms with E-state index in [0.717, 1.165) is 32.5 Å². The summed E-state index contributed by atoms with van der Waals surface area (Å²) in [5.74, 6) is 1.29. The molecule has 2 fully saturated rings. The number of piperidine rings is 1. The van der Waals surface area contributed by atoms with Crippen molar-refractivity contribution in [2.45, 2.75) is 30.7 Å². The van der Waals surface area contributed by atoms with Crippen molar-refractivity contribution in [1.29, 1.82) is 0 Å². The first-order chi connectivity index (χ1) is 7.13. The second-order valence-electron chi connectivity index (χ2n) is 4.38. The first-order valence-corrected chi connectivity index (χ1v) is 6.55. The van der Waals surface area contributed by atoms with Crippen molar-refractivity contribution in [2.75, 3.05) is 25.4 Å². The molecule has 1 unspecified atom stereocenters. The van der Waals surface area contributed by atoms with Crippen molar-refractivity contribution in [3.8, 4) is 0 Å². The van der Waals surface area contributed by atoms with E-state index in [1.807, 2.05) is 16.7 Å². The van der Waals surface area contributed by atoms with Crippen LogP contribution in [0.2, 0.25) is 0 Å². The molecule has 0 aromatic rings. The highest BCUT2D eigenvalue weighted by Crippen LogP contribution is 2.36. The van der Waals surface area contributed by atoms with Crippen LogP contribution in [-0.4, -0.2) is 47.1 Å². The number of hydrogen-bond donors (Lipinski definition) is 2. The molecule has 0 aromatic carbocycles. The Bertz CT molecular complexity index is 241. The number of rotatable bonds is 1. The minimum Gasteiger partial charge on any atom is -0.341 e. The molecule has 0 saturated carbocycles. The van der Waals surface area contributed by atoms with Gasteiger partial charge in [-0.3, -0.25) is 4.79 Å². The average molecular weight is 229 g/mol. The third-order valence-corrected chi connectivity index (χ3v) is 4.71. The summed E-state index contributed by atoms with van der Waals surface area (Å²) in [6, 6.07) is -0.358. The Labute approximate surface area is 94.9 Å². The molecule has 86 valence electrons. The Hall–Kier alpha value is -0.260. The van der Waals surface area contributed by atoms with Gasteiger partial charge in [0.15, 0.2) is 0 Å². The van der Waals surface area contributed by atoms with Crippen LogP contribution >= 0.6 is 11.8 Å². The zero-order valence-corrected chi connectivity index (χ0v) is 9.98. The molecule has 4 nitrogen and oxygen atoms in total. The van der Waals surface area contributed by atoms with Gasteiger partial charge in [0, 0.05) is 25.4 Å². The van der Waals surface area contributed by atoms with Gasteiger partial charge in [-0.25, -0.2) is 0 Å². The van der Waals surface area contributed by atoms with Crippen LogP contribution in [0.15, 0.2) is 0 Å². The Morgan fingerprint density at radius 3 is 2.67 bits per heavy atom. The standard InChI is InChI=1S/C10H19N3OS/c1-8(11)9(14)13-5-2-10(3-6-13)12-4-7-15-10/h8,12H,2-7,11H2,1H3. The summed E-state index contributed by atoms with van der Waals surface area (Å²) in [6.45, 7) is 4.56. The summed E-state index contributed by atoms with van der Waals surface area (Å²) in [7, 11) is 0. The highest BCUT2D eigenvalue weighted by molar-refractivity contribution is 8.00. The first kappa shape index (κ1) is 11.2. The fourth-order valence-corrected chi connectivity index (χ4v) is 3.54. The van der Waals surface area contributed by atoms with Gasteiger partial charge in [-0.1, -0.05) is 0 Å². The number of nitrogens with one attached hydrogen (secondary N) is 1. The minimum atomic E-state index is -0.358. The Balaban J connectivity index is 1.89. The molecule has 2 aliphatic heterocycles. The predicted molar refractivity (Wildman–Crippen MR) is 62.7 cm³/mol. The molecule has 0 aliphatic carbocycles. The van der Waals surface area contributed by atoms with Gasteiger partial charge in [0.2, 0.25) is 5.91 Å². The summed E-state index contributed by atoms with van der Waals surface area (Å²) in [5.41, 5.74) is 5.60. The zero-order valence-electron chi connectivity index (χ0n) is 9.16. The smallest absolute Gasteiger partial charge is 0.239 e. The number of carbonyl (C=O) groups is 1. The number of nitrogens with zero attached hydrogens (tertiary/aromatic N) is 1. The van der Waals surface area contributed by atoms with Crippen molar-refractivity contribution in [3.05, 3.63) is 0 Å². The lowest BCUT2D eigenvalue weighted by molar-refractivity contribution is -0.133. The first-order valence-electron chi connectivity index (χ1n) is 5.56. The summed E-state index contributed by atoms with van der Waals surface area (Å²) in [6.07, 6.45) is 2.10. The van der Waals surface area contributed by atoms with Gasteiger partial charge in [0.05, 0.1) is 10.9 Å². The molecule has 2 heterocycles. The van der Waals surface area contributed by atoms with E-state index >= 15 is 0 Å². The van der Waals surface area contributed by atoms with Crippen LogP contribution in [0.5, 0.6) is 0 Å². The molecule has 1 amide bonds. The fraction of sp³-hybridized carbons (Fsp3) is 0.900. The molecule has 1 atom stereocenters. The van der Waals surface area contributed by atoms with Gasteiger partial charge in [0.25, 0.3) is 0 Å². The van der Waals surface area contributed by atoms with Gasteiger partial charge < -0.3 is 16.0 Å². The second-order valence-corrected chi connectivity index (χ2v) is 5.86. The largest absolute Gasteiger partial charge is 0.341 e. The molecular weight excluding hydrogens is 210 g/mol. The quantitative estimate of drug-likeness (QED) is 0.664. The molecule has 5 heteroatoms. The SMILES string of the molecule is CC(N)C(=O)N1CCC2(CC1)NCCS2. The van der Waals surface area contributed by atoms with E-state index in [0.29, 0.717) is 0 Å². The molecule has 1 spiro atoms. The van der Waals surface area contributed by atoms with E-state index < -0.39 is 0 Å². The maximum absolute atomic E-state index is 11.7. The topological polar surface area (TPSA) is 58.4 Å². The predicted octanol–water partition coefficient (Wildman–Crippen LogP) is -0.0113. The lowest BCUT2D eigenvalue weighted by atomic mass is 10.0. The summed E-state index contributed by atoms with van der Waals surface area (Å²) in [4.78, 5) is 13.8. The van der Waals surface area contributed by atoms with Gasteiger partial charge in [-0.15, -0.1) is 11.8 Å². The molecule has 2 saturated heterocycles. The van der Waals surface area contributed by atoms with E-state index in [2.05, 4.69) is 5.32 Å². The third kappa shape index (κ3) is 2.29. The van der Waals surface area contributed by atoms with E-state index in [4.69, 9.17) is 5.73 Å². The maximum atomic E-state index is 11.7. The number of nitrogens with two attached hydrogens (primary N) is 1. The Morgan fingerprint density at radius 1 is 1.53 bits per heavy atom. The van der Waals surface area contributed by atoms with Crippen molar-refractivity contribution < 1.29 is 4.79 Å². The van der Waals surface area contributed by atoms with Crippen molar-refractivity contribution in [2.24, 2.45) is 5.73 Å².